The van der Waals surface area contributed by atoms with Gasteiger partial charge < -0.3 is 15.8 Å². The van der Waals surface area contributed by atoms with Gasteiger partial charge in [0.1, 0.15) is 5.75 Å². The van der Waals surface area contributed by atoms with Crippen molar-refractivity contribution >= 4 is 0 Å². The van der Waals surface area contributed by atoms with Crippen LogP contribution < -0.4 is 15.8 Å². The number of hydrogen-bond donors (Lipinski definition) is 2. The van der Waals surface area contributed by atoms with Crippen molar-refractivity contribution in [3.8, 4) is 5.75 Å². The molecule has 0 saturated heterocycles. The average molecular weight is 222 g/mol. The highest BCUT2D eigenvalue weighted by Crippen LogP contribution is 2.18. The molecule has 1 aromatic carbocycles. The molecule has 0 heterocycles. The van der Waals surface area contributed by atoms with Gasteiger partial charge in [0.15, 0.2) is 0 Å². The Labute approximate surface area is 98.0 Å². The van der Waals surface area contributed by atoms with Crippen molar-refractivity contribution in [3.05, 3.63) is 29.3 Å². The van der Waals surface area contributed by atoms with E-state index in [2.05, 4.69) is 24.4 Å². The van der Waals surface area contributed by atoms with Crippen molar-refractivity contribution in [1.82, 2.24) is 5.32 Å². The maximum absolute atomic E-state index is 5.65. The number of benzene rings is 1. The monoisotopic (exact) mass is 222 g/mol. The summed E-state index contributed by atoms with van der Waals surface area (Å²) in [5.41, 5.74) is 8.17. The van der Waals surface area contributed by atoms with E-state index in [9.17, 15) is 0 Å². The van der Waals surface area contributed by atoms with Crippen molar-refractivity contribution in [2.24, 2.45) is 5.73 Å². The molecule has 0 fully saturated rings. The SMILES string of the molecule is COc1ccc(CCNCC(C)N)cc1C. The van der Waals surface area contributed by atoms with Crippen LogP contribution in [0.15, 0.2) is 18.2 Å². The van der Waals surface area contributed by atoms with E-state index in [-0.39, 0.29) is 6.04 Å². The molecule has 0 bridgehead atoms. The lowest BCUT2D eigenvalue weighted by molar-refractivity contribution is 0.411. The molecule has 0 aromatic heterocycles. The minimum absolute atomic E-state index is 0.220. The van der Waals surface area contributed by atoms with E-state index < -0.39 is 0 Å². The van der Waals surface area contributed by atoms with Gasteiger partial charge in [-0.2, -0.15) is 0 Å². The lowest BCUT2D eigenvalue weighted by atomic mass is 10.1. The first-order chi connectivity index (χ1) is 7.63. The fourth-order valence-electron chi connectivity index (χ4n) is 1.66. The number of rotatable bonds is 6. The molecule has 1 atom stereocenters. The molecule has 1 rings (SSSR count). The van der Waals surface area contributed by atoms with Gasteiger partial charge >= 0.3 is 0 Å². The van der Waals surface area contributed by atoms with Crippen molar-refractivity contribution in [2.75, 3.05) is 20.2 Å². The van der Waals surface area contributed by atoms with Crippen molar-refractivity contribution in [2.45, 2.75) is 26.3 Å². The normalized spacial score (nSPS) is 12.5. The van der Waals surface area contributed by atoms with E-state index in [0.29, 0.717) is 0 Å². The molecule has 0 amide bonds. The molecule has 0 aliphatic carbocycles. The largest absolute Gasteiger partial charge is 0.496 e. The maximum atomic E-state index is 5.65. The number of methoxy groups -OCH3 is 1. The molecule has 0 saturated carbocycles. The van der Waals surface area contributed by atoms with Crippen LogP contribution in [-0.2, 0) is 6.42 Å². The summed E-state index contributed by atoms with van der Waals surface area (Å²) in [6.45, 7) is 5.91. The van der Waals surface area contributed by atoms with Crippen LogP contribution in [0.5, 0.6) is 5.75 Å². The number of nitrogens with one attached hydrogen (secondary N) is 1. The zero-order valence-electron chi connectivity index (χ0n) is 10.4. The number of nitrogens with two attached hydrogens (primary N) is 1. The molecule has 3 N–H and O–H groups in total. The molecule has 16 heavy (non-hydrogen) atoms. The molecular weight excluding hydrogens is 200 g/mol. The summed E-state index contributed by atoms with van der Waals surface area (Å²) in [7, 11) is 1.70. The summed E-state index contributed by atoms with van der Waals surface area (Å²) in [6.07, 6.45) is 1.03. The molecule has 0 radical (unpaired) electrons. The fourth-order valence-corrected chi connectivity index (χ4v) is 1.66. The Bertz CT molecular complexity index is 324. The van der Waals surface area contributed by atoms with Crippen LogP contribution in [0.4, 0.5) is 0 Å². The van der Waals surface area contributed by atoms with Crippen molar-refractivity contribution < 1.29 is 4.74 Å². The number of hydrogen-bond acceptors (Lipinski definition) is 3. The minimum Gasteiger partial charge on any atom is -0.496 e. The molecule has 0 aliphatic heterocycles. The summed E-state index contributed by atoms with van der Waals surface area (Å²) in [6, 6.07) is 6.53. The highest BCUT2D eigenvalue weighted by atomic mass is 16.5. The number of ether oxygens (including phenoxy) is 1. The van der Waals surface area contributed by atoms with E-state index in [4.69, 9.17) is 10.5 Å². The Balaban J connectivity index is 2.40. The van der Waals surface area contributed by atoms with E-state index in [0.717, 1.165) is 25.3 Å². The topological polar surface area (TPSA) is 47.3 Å². The van der Waals surface area contributed by atoms with Crippen LogP contribution in [0.1, 0.15) is 18.1 Å². The Morgan fingerprint density at radius 1 is 1.44 bits per heavy atom. The quantitative estimate of drug-likeness (QED) is 0.717. The van der Waals surface area contributed by atoms with Gasteiger partial charge in [0, 0.05) is 12.6 Å². The van der Waals surface area contributed by atoms with Crippen LogP contribution >= 0.6 is 0 Å². The second-order valence-electron chi connectivity index (χ2n) is 4.24. The average Bonchev–Trinajstić information content (AvgIpc) is 2.24. The van der Waals surface area contributed by atoms with Gasteiger partial charge in [-0.15, -0.1) is 0 Å². The van der Waals surface area contributed by atoms with Gasteiger partial charge in [-0.1, -0.05) is 12.1 Å². The first kappa shape index (κ1) is 13.0. The highest BCUT2D eigenvalue weighted by Gasteiger charge is 2.00. The van der Waals surface area contributed by atoms with Gasteiger partial charge in [0.25, 0.3) is 0 Å². The molecule has 1 unspecified atom stereocenters. The van der Waals surface area contributed by atoms with Gasteiger partial charge in [-0.05, 0) is 44.0 Å². The van der Waals surface area contributed by atoms with E-state index in [1.54, 1.807) is 7.11 Å². The lowest BCUT2D eigenvalue weighted by Gasteiger charge is -2.09. The Morgan fingerprint density at radius 2 is 2.19 bits per heavy atom. The van der Waals surface area contributed by atoms with Gasteiger partial charge in [0.05, 0.1) is 7.11 Å². The smallest absolute Gasteiger partial charge is 0.121 e. The van der Waals surface area contributed by atoms with Gasteiger partial charge in [-0.25, -0.2) is 0 Å². The number of aryl methyl sites for hydroxylation is 1. The fraction of sp³-hybridized carbons (Fsp3) is 0.538. The minimum atomic E-state index is 0.220. The molecular formula is C13H22N2O. The standard InChI is InChI=1S/C13H22N2O/c1-10-8-12(4-5-13(10)16-3)6-7-15-9-11(2)14/h4-5,8,11,15H,6-7,9,14H2,1-3H3. The second-order valence-corrected chi connectivity index (χ2v) is 4.24. The van der Waals surface area contributed by atoms with E-state index >= 15 is 0 Å². The molecule has 3 heteroatoms. The molecule has 0 aliphatic rings. The van der Waals surface area contributed by atoms with Crippen LogP contribution in [0.2, 0.25) is 0 Å². The summed E-state index contributed by atoms with van der Waals surface area (Å²) in [4.78, 5) is 0. The van der Waals surface area contributed by atoms with Crippen molar-refractivity contribution in [3.63, 3.8) is 0 Å². The lowest BCUT2D eigenvalue weighted by Crippen LogP contribution is -2.32. The summed E-state index contributed by atoms with van der Waals surface area (Å²) in [5, 5.41) is 3.33. The summed E-state index contributed by atoms with van der Waals surface area (Å²) < 4.78 is 5.22. The van der Waals surface area contributed by atoms with E-state index in [1.165, 1.54) is 11.1 Å². The second kappa shape index (κ2) is 6.51. The van der Waals surface area contributed by atoms with Crippen molar-refractivity contribution in [1.29, 1.82) is 0 Å². The third kappa shape index (κ3) is 4.21. The third-order valence-corrected chi connectivity index (χ3v) is 2.52. The molecule has 3 nitrogen and oxygen atoms in total. The van der Waals surface area contributed by atoms with E-state index in [1.807, 2.05) is 13.0 Å². The van der Waals surface area contributed by atoms with Gasteiger partial charge in [0.2, 0.25) is 0 Å². The molecule has 0 spiro atoms. The van der Waals surface area contributed by atoms with Crippen LogP contribution in [0, 0.1) is 6.92 Å². The van der Waals surface area contributed by atoms with Crippen LogP contribution in [-0.4, -0.2) is 26.2 Å². The third-order valence-electron chi connectivity index (χ3n) is 2.52. The Kier molecular flexibility index (Phi) is 5.29. The zero-order chi connectivity index (χ0) is 12.0. The first-order valence-corrected chi connectivity index (χ1v) is 5.73. The summed E-state index contributed by atoms with van der Waals surface area (Å²) in [5.74, 6) is 0.951. The first-order valence-electron chi connectivity index (χ1n) is 5.73. The molecule has 90 valence electrons. The Morgan fingerprint density at radius 3 is 2.75 bits per heavy atom. The predicted octanol–water partition coefficient (Wildman–Crippen LogP) is 1.48. The highest BCUT2D eigenvalue weighted by molar-refractivity contribution is 5.36. The zero-order valence-corrected chi connectivity index (χ0v) is 10.4. The summed E-state index contributed by atoms with van der Waals surface area (Å²) >= 11 is 0. The van der Waals surface area contributed by atoms with Gasteiger partial charge in [-0.3, -0.25) is 0 Å². The Hall–Kier alpha value is -1.06. The molecule has 1 aromatic rings. The van der Waals surface area contributed by atoms with Crippen LogP contribution in [0.3, 0.4) is 0 Å². The predicted molar refractivity (Wildman–Crippen MR) is 68.0 cm³/mol. The maximum Gasteiger partial charge on any atom is 0.121 e. The van der Waals surface area contributed by atoms with Crippen LogP contribution in [0.25, 0.3) is 0 Å².